The number of nitrogens with one attached hydrogen (secondary N) is 4. The lowest BCUT2D eigenvalue weighted by Gasteiger charge is -2.39. The second-order valence-electron chi connectivity index (χ2n) is 9.23. The van der Waals surface area contributed by atoms with Gasteiger partial charge in [-0.25, -0.2) is 15.0 Å². The smallest absolute Gasteiger partial charge is 0.378 e. The van der Waals surface area contributed by atoms with Crippen LogP contribution in [0.1, 0.15) is 19.5 Å². The summed E-state index contributed by atoms with van der Waals surface area (Å²) in [5, 5.41) is 17.6. The van der Waals surface area contributed by atoms with Crippen molar-refractivity contribution in [2.45, 2.75) is 31.7 Å². The van der Waals surface area contributed by atoms with Gasteiger partial charge in [0.25, 0.3) is 0 Å². The number of ether oxygens (including phenoxy) is 2. The van der Waals surface area contributed by atoms with Crippen molar-refractivity contribution in [2.24, 2.45) is 0 Å². The third-order valence-corrected chi connectivity index (χ3v) is 5.19. The van der Waals surface area contributed by atoms with E-state index in [2.05, 4.69) is 45.4 Å². The lowest BCUT2D eigenvalue weighted by Crippen LogP contribution is -2.57. The third-order valence-electron chi connectivity index (χ3n) is 5.19. The average Bonchev–Trinajstić information content (AvgIpc) is 2.82. The van der Waals surface area contributed by atoms with Crippen molar-refractivity contribution in [3.8, 4) is 0 Å². The summed E-state index contributed by atoms with van der Waals surface area (Å²) in [6.07, 6.45) is -6.37. The van der Waals surface area contributed by atoms with Crippen molar-refractivity contribution >= 4 is 29.0 Å². The van der Waals surface area contributed by atoms with Crippen LogP contribution >= 0.6 is 0 Å². The molecule has 3 heterocycles. The number of piperazine rings is 1. The molecule has 0 aromatic carbocycles. The molecule has 0 amide bonds. The maximum Gasteiger partial charge on any atom is 0.411 e. The Labute approximate surface area is 220 Å². The molecule has 3 rings (SSSR count). The highest BCUT2D eigenvalue weighted by molar-refractivity contribution is 6.04. The van der Waals surface area contributed by atoms with Gasteiger partial charge in [0.1, 0.15) is 36.7 Å². The van der Waals surface area contributed by atoms with Gasteiger partial charge >= 0.3 is 12.4 Å². The molecule has 0 saturated carbocycles. The van der Waals surface area contributed by atoms with Gasteiger partial charge in [0.05, 0.1) is 18.9 Å². The Bertz CT molecular complexity index is 1100. The van der Waals surface area contributed by atoms with Crippen LogP contribution in [-0.2, 0) is 9.47 Å². The summed E-state index contributed by atoms with van der Waals surface area (Å²) in [4.78, 5) is 18.8. The highest BCUT2D eigenvalue weighted by Gasteiger charge is 2.31. The topological polar surface area (TPSA) is 133 Å². The fourth-order valence-corrected chi connectivity index (χ4v) is 3.64. The van der Waals surface area contributed by atoms with Crippen LogP contribution in [0.5, 0.6) is 0 Å². The lowest BCUT2D eigenvalue weighted by atomic mass is 10.0. The summed E-state index contributed by atoms with van der Waals surface area (Å²) in [6, 6.07) is 1.53. The Morgan fingerprint density at radius 1 is 1.13 bits per heavy atom. The molecule has 11 nitrogen and oxygen atoms in total. The predicted octanol–water partition coefficient (Wildman–Crippen LogP) is 3.14. The van der Waals surface area contributed by atoms with Gasteiger partial charge in [0.2, 0.25) is 5.95 Å². The molecule has 1 saturated heterocycles. The number of aromatic nitrogens is 4. The SMILES string of the molecule is CC1(C)CN(c2nc(Nc3ccncn3)c(NCCOCC(F)(F)F)c(C(=N)COCC(F)(F)F)n2)CCN1. The fraction of sp³-hybridized carbons (Fsp3) is 0.591. The first-order valence-electron chi connectivity index (χ1n) is 11.8. The molecule has 17 heteroatoms. The summed E-state index contributed by atoms with van der Waals surface area (Å²) in [5.41, 5.74) is -0.742. The number of hydrogen-bond acceptors (Lipinski definition) is 11. The van der Waals surface area contributed by atoms with Gasteiger partial charge in [-0.1, -0.05) is 0 Å². The van der Waals surface area contributed by atoms with E-state index >= 15 is 0 Å². The van der Waals surface area contributed by atoms with Crippen LogP contribution in [-0.4, -0.2) is 96.1 Å². The van der Waals surface area contributed by atoms with E-state index in [1.165, 1.54) is 18.6 Å². The number of halogens is 6. The molecule has 2 aromatic rings. The van der Waals surface area contributed by atoms with Crippen LogP contribution in [0, 0.1) is 5.41 Å². The molecule has 1 fully saturated rings. The Hall–Kier alpha value is -3.31. The highest BCUT2D eigenvalue weighted by Crippen LogP contribution is 2.30. The first kappa shape index (κ1) is 30.2. The van der Waals surface area contributed by atoms with Crippen molar-refractivity contribution in [2.75, 3.05) is 68.1 Å². The quantitative estimate of drug-likeness (QED) is 0.173. The van der Waals surface area contributed by atoms with Crippen LogP contribution in [0.4, 0.5) is 49.6 Å². The maximum atomic E-state index is 12.6. The zero-order valence-corrected chi connectivity index (χ0v) is 21.2. The van der Waals surface area contributed by atoms with Crippen molar-refractivity contribution in [1.82, 2.24) is 25.3 Å². The molecule has 0 atom stereocenters. The largest absolute Gasteiger partial charge is 0.411 e. The summed E-state index contributed by atoms with van der Waals surface area (Å²) in [5.74, 6) is 0.592. The Morgan fingerprint density at radius 2 is 1.85 bits per heavy atom. The molecule has 2 aromatic heterocycles. The van der Waals surface area contributed by atoms with Gasteiger partial charge < -0.3 is 35.7 Å². The van der Waals surface area contributed by atoms with Crippen LogP contribution in [0.2, 0.25) is 0 Å². The van der Waals surface area contributed by atoms with E-state index in [9.17, 15) is 26.3 Å². The van der Waals surface area contributed by atoms with E-state index in [4.69, 9.17) is 5.41 Å². The number of anilines is 4. The van der Waals surface area contributed by atoms with Crippen molar-refractivity contribution in [3.05, 3.63) is 24.3 Å². The molecule has 0 bridgehead atoms. The number of rotatable bonds is 12. The van der Waals surface area contributed by atoms with Crippen LogP contribution < -0.4 is 20.9 Å². The second-order valence-corrected chi connectivity index (χ2v) is 9.23. The third kappa shape index (κ3) is 10.1. The van der Waals surface area contributed by atoms with Gasteiger partial charge in [0.15, 0.2) is 5.82 Å². The minimum absolute atomic E-state index is 0.0583. The fourth-order valence-electron chi connectivity index (χ4n) is 3.64. The predicted molar refractivity (Wildman–Crippen MR) is 131 cm³/mol. The Balaban J connectivity index is 1.96. The van der Waals surface area contributed by atoms with Gasteiger partial charge in [-0.3, -0.25) is 0 Å². The molecule has 1 aliphatic rings. The van der Waals surface area contributed by atoms with E-state index in [-0.39, 0.29) is 41.8 Å². The average molecular weight is 566 g/mol. The molecule has 4 N–H and O–H groups in total. The van der Waals surface area contributed by atoms with Crippen LogP contribution in [0.15, 0.2) is 18.6 Å². The Morgan fingerprint density at radius 3 is 2.49 bits per heavy atom. The van der Waals surface area contributed by atoms with Crippen LogP contribution in [0.3, 0.4) is 0 Å². The first-order valence-corrected chi connectivity index (χ1v) is 11.8. The van der Waals surface area contributed by atoms with E-state index < -0.39 is 37.9 Å². The minimum Gasteiger partial charge on any atom is -0.378 e. The Kier molecular flexibility index (Phi) is 9.84. The number of alkyl halides is 6. The molecule has 216 valence electrons. The van der Waals surface area contributed by atoms with Gasteiger partial charge in [0, 0.05) is 37.9 Å². The second kappa shape index (κ2) is 12.7. The summed E-state index contributed by atoms with van der Waals surface area (Å²) in [6.45, 7) is 1.27. The van der Waals surface area contributed by atoms with Crippen molar-refractivity contribution < 1.29 is 35.8 Å². The molecule has 39 heavy (non-hydrogen) atoms. The molecule has 0 spiro atoms. The molecular weight excluding hydrogens is 536 g/mol. The molecular formula is C22H29F6N9O2. The van der Waals surface area contributed by atoms with Crippen molar-refractivity contribution in [1.29, 1.82) is 5.41 Å². The molecule has 0 aliphatic carbocycles. The zero-order valence-electron chi connectivity index (χ0n) is 21.2. The standard InChI is InChI=1S/C22H29F6N9O2/c1-20(2)10-37(7-5-33-20)19-35-16(14(29)9-39-12-22(26,27)28)17(31-6-8-38-11-21(23,24)25)18(36-19)34-15-3-4-30-13-32-15/h3-4,13,29,31,33H,5-12H2,1-2H3,(H,30,32,34,35,36). The monoisotopic (exact) mass is 565 g/mol. The summed E-state index contributed by atoms with van der Waals surface area (Å²) in [7, 11) is 0. The summed E-state index contributed by atoms with van der Waals surface area (Å²) < 4.78 is 84.5. The van der Waals surface area contributed by atoms with Crippen molar-refractivity contribution in [3.63, 3.8) is 0 Å². The van der Waals surface area contributed by atoms with Gasteiger partial charge in [-0.2, -0.15) is 31.3 Å². The molecule has 1 aliphatic heterocycles. The number of nitrogens with zero attached hydrogens (tertiary/aromatic N) is 5. The zero-order chi connectivity index (χ0) is 28.7. The lowest BCUT2D eigenvalue weighted by molar-refractivity contribution is -0.173. The van der Waals surface area contributed by atoms with E-state index in [0.717, 1.165) is 0 Å². The first-order chi connectivity index (χ1) is 18.2. The molecule has 0 radical (unpaired) electrons. The highest BCUT2D eigenvalue weighted by atomic mass is 19.4. The number of hydrogen-bond donors (Lipinski definition) is 4. The van der Waals surface area contributed by atoms with E-state index in [1.807, 2.05) is 18.7 Å². The van der Waals surface area contributed by atoms with E-state index in [1.54, 1.807) is 0 Å². The molecule has 0 unspecified atom stereocenters. The van der Waals surface area contributed by atoms with Gasteiger partial charge in [-0.05, 0) is 19.9 Å². The van der Waals surface area contributed by atoms with E-state index in [0.29, 0.717) is 25.5 Å². The normalized spacial score (nSPS) is 15.7. The summed E-state index contributed by atoms with van der Waals surface area (Å²) >= 11 is 0. The maximum absolute atomic E-state index is 12.6. The van der Waals surface area contributed by atoms with Gasteiger partial charge in [-0.15, -0.1) is 0 Å². The van der Waals surface area contributed by atoms with Crippen LogP contribution in [0.25, 0.3) is 0 Å². The minimum atomic E-state index is -4.60.